The van der Waals surface area contributed by atoms with E-state index in [1.54, 1.807) is 12.1 Å². The molecule has 32 heavy (non-hydrogen) atoms. The van der Waals surface area contributed by atoms with Crippen molar-refractivity contribution >= 4 is 22.4 Å². The predicted octanol–water partition coefficient (Wildman–Crippen LogP) is 4.80. The standard InChI is InChI=1S/C24H23N5O2S/c1-14-21(19-10-11-20-18(13-19)5-4-12-31-20)25-24(32-14)26-23(30)17-8-6-16(7-9-17)22-28-27-15(2)29(22)3/h6-11,13H,4-5,12H2,1-3H3,(H,25,26,30). The van der Waals surface area contributed by atoms with Crippen LogP contribution in [0.1, 0.15) is 33.0 Å². The Balaban J connectivity index is 1.34. The molecule has 7 nitrogen and oxygen atoms in total. The first-order valence-electron chi connectivity index (χ1n) is 10.5. The highest BCUT2D eigenvalue weighted by molar-refractivity contribution is 7.16. The van der Waals surface area contributed by atoms with Gasteiger partial charge in [0.15, 0.2) is 11.0 Å². The Morgan fingerprint density at radius 1 is 1.09 bits per heavy atom. The number of hydrogen-bond donors (Lipinski definition) is 1. The van der Waals surface area contributed by atoms with Crippen molar-refractivity contribution in [3.8, 4) is 28.4 Å². The van der Waals surface area contributed by atoms with Gasteiger partial charge < -0.3 is 9.30 Å². The molecule has 0 atom stereocenters. The summed E-state index contributed by atoms with van der Waals surface area (Å²) in [5.74, 6) is 2.37. The van der Waals surface area contributed by atoms with Crippen LogP contribution in [0.25, 0.3) is 22.6 Å². The number of benzene rings is 2. The Kier molecular flexibility index (Phi) is 5.22. The Bertz CT molecular complexity index is 1310. The van der Waals surface area contributed by atoms with Crippen LogP contribution in [0.2, 0.25) is 0 Å². The fraction of sp³-hybridized carbons (Fsp3) is 0.250. The molecule has 162 valence electrons. The summed E-state index contributed by atoms with van der Waals surface area (Å²) in [7, 11) is 1.92. The smallest absolute Gasteiger partial charge is 0.257 e. The minimum Gasteiger partial charge on any atom is -0.493 e. The van der Waals surface area contributed by atoms with E-state index in [4.69, 9.17) is 9.72 Å². The second-order valence-electron chi connectivity index (χ2n) is 7.86. The average molecular weight is 446 g/mol. The molecule has 1 amide bonds. The van der Waals surface area contributed by atoms with Crippen LogP contribution in [0, 0.1) is 13.8 Å². The summed E-state index contributed by atoms with van der Waals surface area (Å²) >= 11 is 1.48. The van der Waals surface area contributed by atoms with Gasteiger partial charge in [0.2, 0.25) is 0 Å². The van der Waals surface area contributed by atoms with E-state index in [9.17, 15) is 4.79 Å². The Hall–Kier alpha value is -3.52. The molecule has 5 rings (SSSR count). The zero-order chi connectivity index (χ0) is 22.2. The third-order valence-electron chi connectivity index (χ3n) is 5.70. The van der Waals surface area contributed by atoms with E-state index in [1.165, 1.54) is 16.9 Å². The predicted molar refractivity (Wildman–Crippen MR) is 125 cm³/mol. The molecule has 0 fully saturated rings. The van der Waals surface area contributed by atoms with Crippen LogP contribution in [0.5, 0.6) is 5.75 Å². The first kappa shape index (κ1) is 20.4. The molecule has 2 aromatic carbocycles. The van der Waals surface area contributed by atoms with Gasteiger partial charge in [0.1, 0.15) is 11.6 Å². The Labute approximate surface area is 190 Å². The summed E-state index contributed by atoms with van der Waals surface area (Å²) < 4.78 is 7.63. The van der Waals surface area contributed by atoms with Crippen molar-refractivity contribution in [2.24, 2.45) is 7.05 Å². The molecule has 0 bridgehead atoms. The quantitative estimate of drug-likeness (QED) is 0.488. The van der Waals surface area contributed by atoms with Crippen LogP contribution in [-0.2, 0) is 13.5 Å². The van der Waals surface area contributed by atoms with E-state index in [-0.39, 0.29) is 5.91 Å². The summed E-state index contributed by atoms with van der Waals surface area (Å²) in [6, 6.07) is 13.5. The van der Waals surface area contributed by atoms with E-state index in [2.05, 4.69) is 21.6 Å². The number of ether oxygens (including phenoxy) is 1. The average Bonchev–Trinajstić information content (AvgIpc) is 3.34. The maximum absolute atomic E-state index is 12.8. The third-order valence-corrected chi connectivity index (χ3v) is 6.58. The number of aryl methyl sites for hydroxylation is 3. The lowest BCUT2D eigenvalue weighted by atomic mass is 10.0. The van der Waals surface area contributed by atoms with Crippen molar-refractivity contribution in [2.75, 3.05) is 11.9 Å². The number of nitrogens with zero attached hydrogens (tertiary/aromatic N) is 4. The van der Waals surface area contributed by atoms with E-state index < -0.39 is 0 Å². The van der Waals surface area contributed by atoms with Crippen LogP contribution >= 0.6 is 11.3 Å². The number of thiazole rings is 1. The highest BCUT2D eigenvalue weighted by Crippen LogP contribution is 2.34. The number of aromatic nitrogens is 4. The number of nitrogens with one attached hydrogen (secondary N) is 1. The Morgan fingerprint density at radius 3 is 2.62 bits per heavy atom. The van der Waals surface area contributed by atoms with Gasteiger partial charge in [-0.05, 0) is 62.6 Å². The second-order valence-corrected chi connectivity index (χ2v) is 9.06. The normalized spacial score (nSPS) is 12.8. The third kappa shape index (κ3) is 3.78. The van der Waals surface area contributed by atoms with Crippen molar-refractivity contribution < 1.29 is 9.53 Å². The second kappa shape index (κ2) is 8.20. The number of carbonyl (C=O) groups excluding carboxylic acids is 1. The van der Waals surface area contributed by atoms with Crippen LogP contribution in [-0.4, -0.2) is 32.3 Å². The van der Waals surface area contributed by atoms with Crippen molar-refractivity contribution in [3.05, 3.63) is 64.3 Å². The molecule has 0 aliphatic carbocycles. The van der Waals surface area contributed by atoms with Crippen LogP contribution in [0.15, 0.2) is 42.5 Å². The van der Waals surface area contributed by atoms with Crippen molar-refractivity contribution in [1.82, 2.24) is 19.7 Å². The van der Waals surface area contributed by atoms with E-state index >= 15 is 0 Å². The number of fused-ring (bicyclic) bond motifs is 1. The van der Waals surface area contributed by atoms with Gasteiger partial charge in [-0.15, -0.1) is 21.5 Å². The number of carbonyl (C=O) groups is 1. The monoisotopic (exact) mass is 445 g/mol. The molecule has 1 aliphatic heterocycles. The zero-order valence-electron chi connectivity index (χ0n) is 18.2. The van der Waals surface area contributed by atoms with Gasteiger partial charge in [0, 0.05) is 28.6 Å². The maximum Gasteiger partial charge on any atom is 0.257 e. The summed E-state index contributed by atoms with van der Waals surface area (Å²) in [5.41, 5.74) is 4.63. The van der Waals surface area contributed by atoms with Crippen LogP contribution < -0.4 is 10.1 Å². The number of anilines is 1. The van der Waals surface area contributed by atoms with Gasteiger partial charge in [-0.25, -0.2) is 4.98 Å². The first-order chi connectivity index (χ1) is 15.5. The van der Waals surface area contributed by atoms with Crippen LogP contribution in [0.4, 0.5) is 5.13 Å². The van der Waals surface area contributed by atoms with E-state index in [0.29, 0.717) is 10.7 Å². The molecule has 0 unspecified atom stereocenters. The minimum atomic E-state index is -0.190. The lowest BCUT2D eigenvalue weighted by Crippen LogP contribution is -2.11. The topological polar surface area (TPSA) is 81.9 Å². The van der Waals surface area contributed by atoms with Crippen molar-refractivity contribution in [2.45, 2.75) is 26.7 Å². The van der Waals surface area contributed by atoms with Crippen molar-refractivity contribution in [3.63, 3.8) is 0 Å². The lowest BCUT2D eigenvalue weighted by Gasteiger charge is -2.17. The van der Waals surface area contributed by atoms with Crippen LogP contribution in [0.3, 0.4) is 0 Å². The molecule has 0 radical (unpaired) electrons. The van der Waals surface area contributed by atoms with Gasteiger partial charge >= 0.3 is 0 Å². The van der Waals surface area contributed by atoms with E-state index in [1.807, 2.05) is 49.7 Å². The first-order valence-corrected chi connectivity index (χ1v) is 11.3. The zero-order valence-corrected chi connectivity index (χ0v) is 19.0. The van der Waals surface area contributed by atoms with Crippen molar-refractivity contribution in [1.29, 1.82) is 0 Å². The highest BCUT2D eigenvalue weighted by Gasteiger charge is 2.17. The van der Waals surface area contributed by atoms with Gasteiger partial charge in [-0.3, -0.25) is 10.1 Å². The SMILES string of the molecule is Cc1sc(NC(=O)c2ccc(-c3nnc(C)n3C)cc2)nc1-c1ccc2c(c1)CCCO2. The molecule has 4 aromatic rings. The lowest BCUT2D eigenvalue weighted by molar-refractivity contribution is 0.102. The summed E-state index contributed by atoms with van der Waals surface area (Å²) in [5, 5.41) is 11.8. The maximum atomic E-state index is 12.8. The van der Waals surface area contributed by atoms with Gasteiger partial charge in [-0.1, -0.05) is 12.1 Å². The van der Waals surface area contributed by atoms with Gasteiger partial charge in [0.25, 0.3) is 5.91 Å². The molecule has 1 aliphatic rings. The molecule has 0 saturated carbocycles. The fourth-order valence-electron chi connectivity index (χ4n) is 3.82. The molecule has 0 spiro atoms. The minimum absolute atomic E-state index is 0.190. The van der Waals surface area contributed by atoms with Gasteiger partial charge in [0.05, 0.1) is 12.3 Å². The summed E-state index contributed by atoms with van der Waals surface area (Å²) in [6.45, 7) is 4.70. The summed E-state index contributed by atoms with van der Waals surface area (Å²) in [4.78, 5) is 18.5. The largest absolute Gasteiger partial charge is 0.493 e. The Morgan fingerprint density at radius 2 is 1.88 bits per heavy atom. The number of rotatable bonds is 4. The number of hydrogen-bond acceptors (Lipinski definition) is 6. The molecule has 1 N–H and O–H groups in total. The fourth-order valence-corrected chi connectivity index (χ4v) is 4.65. The molecule has 8 heteroatoms. The molecular formula is C24H23N5O2S. The molecular weight excluding hydrogens is 422 g/mol. The molecule has 2 aromatic heterocycles. The number of amides is 1. The van der Waals surface area contributed by atoms with E-state index in [0.717, 1.165) is 58.5 Å². The van der Waals surface area contributed by atoms with Gasteiger partial charge in [-0.2, -0.15) is 0 Å². The molecule has 3 heterocycles. The highest BCUT2D eigenvalue weighted by atomic mass is 32.1. The molecule has 0 saturated heterocycles. The summed E-state index contributed by atoms with van der Waals surface area (Å²) in [6.07, 6.45) is 2.04.